The first-order chi connectivity index (χ1) is 15.9. The molecule has 0 radical (unpaired) electrons. The molecule has 0 aliphatic carbocycles. The van der Waals surface area contributed by atoms with Gasteiger partial charge >= 0.3 is 24.3 Å². The quantitative estimate of drug-likeness (QED) is 0.223. The van der Waals surface area contributed by atoms with Crippen LogP contribution in [0.2, 0.25) is 0 Å². The summed E-state index contributed by atoms with van der Waals surface area (Å²) in [5.74, 6) is -4.73. The van der Waals surface area contributed by atoms with Crippen molar-refractivity contribution in [1.82, 2.24) is 0 Å². The minimum Gasteiger partial charge on any atom is -0.496 e. The van der Waals surface area contributed by atoms with Gasteiger partial charge in [-0.25, -0.2) is 9.59 Å². The van der Waals surface area contributed by atoms with E-state index in [0.717, 1.165) is 12.1 Å². The van der Waals surface area contributed by atoms with Crippen LogP contribution in [0.3, 0.4) is 0 Å². The summed E-state index contributed by atoms with van der Waals surface area (Å²) in [5.41, 5.74) is 2.45. The van der Waals surface area contributed by atoms with Gasteiger partial charge in [0.05, 0.1) is 7.11 Å². The molecule has 0 heterocycles. The Morgan fingerprint density at radius 2 is 1.37 bits per heavy atom. The van der Waals surface area contributed by atoms with E-state index in [9.17, 15) is 36.2 Å². The number of carbonyl (C=O) groups is 2. The van der Waals surface area contributed by atoms with E-state index in [1.807, 2.05) is 0 Å². The lowest BCUT2D eigenvalue weighted by Gasteiger charge is -2.34. The number of benzene rings is 2. The Labute approximate surface area is 194 Å². The van der Waals surface area contributed by atoms with E-state index < -0.39 is 35.4 Å². The number of nitrogen functional groups attached to an aromatic ring is 1. The van der Waals surface area contributed by atoms with Crippen LogP contribution in [0.4, 0.5) is 32.0 Å². The fraction of sp³-hybridized carbons (Fsp3) is 0.286. The van der Waals surface area contributed by atoms with Crippen molar-refractivity contribution in [2.24, 2.45) is 5.73 Å². The number of carboxylic acid groups (broad SMARTS) is 2. The number of methoxy groups -OCH3 is 1. The van der Waals surface area contributed by atoms with Crippen LogP contribution in [-0.4, -0.2) is 47.4 Å². The summed E-state index contributed by atoms with van der Waals surface area (Å²) in [4.78, 5) is 20.9. The third-order valence-electron chi connectivity index (χ3n) is 4.61. The number of aryl methyl sites for hydroxylation is 2. The second kappa shape index (κ2) is 10.5. The highest BCUT2D eigenvalue weighted by Crippen LogP contribution is 2.44. The van der Waals surface area contributed by atoms with Crippen LogP contribution in [-0.2, 0) is 15.1 Å². The van der Waals surface area contributed by atoms with Crippen molar-refractivity contribution in [2.45, 2.75) is 31.7 Å². The average molecular weight is 509 g/mol. The van der Waals surface area contributed by atoms with Gasteiger partial charge in [0.25, 0.3) is 5.54 Å². The third-order valence-corrected chi connectivity index (χ3v) is 4.61. The highest BCUT2D eigenvalue weighted by molar-refractivity contribution is 5.95. The summed E-state index contributed by atoms with van der Waals surface area (Å²) >= 11 is 0. The number of carboxylic acids is 2. The van der Waals surface area contributed by atoms with Crippen molar-refractivity contribution in [3.05, 3.63) is 58.7 Å². The van der Waals surface area contributed by atoms with Gasteiger partial charge in [-0.3, -0.25) is 5.41 Å². The third kappa shape index (κ3) is 6.55. The smallest absolute Gasteiger partial charge is 0.490 e. The highest BCUT2D eigenvalue weighted by atomic mass is 19.4. The SMILES string of the molecule is COc1c(C)cc(C(Nc2ccc(C(=N)N)cc2)(C(=O)O)C(F)(F)F)cc1C.O=C(O)C(F)(F)F. The summed E-state index contributed by atoms with van der Waals surface area (Å²) in [6, 6.07) is 7.43. The zero-order valence-corrected chi connectivity index (χ0v) is 18.4. The van der Waals surface area contributed by atoms with Crippen LogP contribution in [0.1, 0.15) is 22.3 Å². The van der Waals surface area contributed by atoms with Crippen LogP contribution in [0.5, 0.6) is 5.75 Å². The number of hydrogen-bond donors (Lipinski definition) is 5. The van der Waals surface area contributed by atoms with Gasteiger partial charge in [-0.05, 0) is 66.9 Å². The summed E-state index contributed by atoms with van der Waals surface area (Å²) in [6.07, 6.45) is -10.2. The number of ether oxygens (including phenoxy) is 1. The van der Waals surface area contributed by atoms with Crippen molar-refractivity contribution in [2.75, 3.05) is 12.4 Å². The van der Waals surface area contributed by atoms with Gasteiger partial charge in [0.2, 0.25) is 0 Å². The van der Waals surface area contributed by atoms with Crippen LogP contribution < -0.4 is 15.8 Å². The maximum Gasteiger partial charge on any atom is 0.490 e. The largest absolute Gasteiger partial charge is 0.496 e. The number of halogens is 6. The monoisotopic (exact) mass is 509 g/mol. The van der Waals surface area contributed by atoms with E-state index in [1.54, 1.807) is 13.8 Å². The molecule has 0 saturated carbocycles. The predicted molar refractivity (Wildman–Crippen MR) is 113 cm³/mol. The van der Waals surface area contributed by atoms with Gasteiger partial charge < -0.3 is 26.0 Å². The number of aliphatic carboxylic acids is 2. The summed E-state index contributed by atoms with van der Waals surface area (Å²) in [5, 5.41) is 26.3. The maximum absolute atomic E-state index is 14.1. The van der Waals surface area contributed by atoms with Crippen molar-refractivity contribution in [3.63, 3.8) is 0 Å². The van der Waals surface area contributed by atoms with Gasteiger partial charge in [-0.2, -0.15) is 26.3 Å². The Hall–Kier alpha value is -3.97. The first-order valence-corrected chi connectivity index (χ1v) is 9.37. The van der Waals surface area contributed by atoms with Crippen molar-refractivity contribution >= 4 is 23.5 Å². The molecule has 0 aliphatic rings. The molecule has 2 aromatic rings. The van der Waals surface area contributed by atoms with E-state index in [-0.39, 0.29) is 11.5 Å². The van der Waals surface area contributed by atoms with Gasteiger partial charge in [0.1, 0.15) is 11.6 Å². The van der Waals surface area contributed by atoms with Crippen molar-refractivity contribution in [3.8, 4) is 5.75 Å². The Morgan fingerprint density at radius 3 is 1.66 bits per heavy atom. The molecule has 0 fully saturated rings. The number of nitrogens with two attached hydrogens (primary N) is 1. The lowest BCUT2D eigenvalue weighted by atomic mass is 9.86. The molecule has 0 aromatic heterocycles. The molecule has 6 N–H and O–H groups in total. The second-order valence-electron chi connectivity index (χ2n) is 7.12. The van der Waals surface area contributed by atoms with Gasteiger partial charge in [-0.15, -0.1) is 0 Å². The van der Waals surface area contributed by atoms with Gasteiger partial charge in [0.15, 0.2) is 0 Å². The summed E-state index contributed by atoms with van der Waals surface area (Å²) in [7, 11) is 1.39. The first-order valence-electron chi connectivity index (χ1n) is 9.37. The topological polar surface area (TPSA) is 146 Å². The lowest BCUT2D eigenvalue weighted by molar-refractivity contribution is -0.199. The Bertz CT molecular complexity index is 1080. The fourth-order valence-electron chi connectivity index (χ4n) is 3.04. The number of anilines is 1. The zero-order valence-electron chi connectivity index (χ0n) is 18.4. The number of rotatable bonds is 6. The molecule has 192 valence electrons. The molecule has 35 heavy (non-hydrogen) atoms. The first kappa shape index (κ1) is 29.1. The molecular formula is C21H21F6N3O5. The van der Waals surface area contributed by atoms with E-state index >= 15 is 0 Å². The number of amidine groups is 1. The van der Waals surface area contributed by atoms with Crippen LogP contribution in [0.15, 0.2) is 36.4 Å². The number of hydrogen-bond acceptors (Lipinski definition) is 5. The molecule has 2 aromatic carbocycles. The molecular weight excluding hydrogens is 488 g/mol. The van der Waals surface area contributed by atoms with E-state index in [1.165, 1.54) is 31.4 Å². The predicted octanol–water partition coefficient (Wildman–Crippen LogP) is 4.18. The Balaban J connectivity index is 0.000000762. The highest BCUT2D eigenvalue weighted by Gasteiger charge is 2.62. The normalized spacial score (nSPS) is 13.1. The number of alkyl halides is 6. The average Bonchev–Trinajstić information content (AvgIpc) is 2.70. The molecule has 8 nitrogen and oxygen atoms in total. The summed E-state index contributed by atoms with van der Waals surface area (Å²) in [6.45, 7) is 3.08. The molecule has 1 unspecified atom stereocenters. The molecule has 0 amide bonds. The van der Waals surface area contributed by atoms with E-state index in [0.29, 0.717) is 22.4 Å². The van der Waals surface area contributed by atoms with Crippen molar-refractivity contribution in [1.29, 1.82) is 5.41 Å². The Kier molecular flexibility index (Phi) is 8.74. The zero-order chi connectivity index (χ0) is 27.4. The number of nitrogens with one attached hydrogen (secondary N) is 2. The molecule has 0 spiro atoms. The fourth-order valence-corrected chi connectivity index (χ4v) is 3.04. The minimum atomic E-state index is -5.16. The standard InChI is InChI=1S/C19H20F3N3O3.C2HF3O2/c1-10-8-13(9-11(2)15(10)28-3)18(17(26)27,19(20,21)22)25-14-6-4-12(5-7-14)16(23)24;3-2(4,5)1(6)7/h4-9,25H,1-3H3,(H3,23,24)(H,26,27);(H,6,7). The Morgan fingerprint density at radius 1 is 0.943 bits per heavy atom. The van der Waals surface area contributed by atoms with Gasteiger partial charge in [0, 0.05) is 11.3 Å². The van der Waals surface area contributed by atoms with Crippen molar-refractivity contribution < 1.29 is 50.9 Å². The van der Waals surface area contributed by atoms with Crippen LogP contribution in [0.25, 0.3) is 0 Å². The van der Waals surface area contributed by atoms with Crippen LogP contribution >= 0.6 is 0 Å². The van der Waals surface area contributed by atoms with Gasteiger partial charge in [-0.1, -0.05) is 0 Å². The van der Waals surface area contributed by atoms with E-state index in [2.05, 4.69) is 5.32 Å². The second-order valence-corrected chi connectivity index (χ2v) is 7.12. The van der Waals surface area contributed by atoms with Crippen LogP contribution in [0, 0.1) is 19.3 Å². The summed E-state index contributed by atoms with van der Waals surface area (Å²) < 4.78 is 79.3. The molecule has 2 rings (SSSR count). The maximum atomic E-state index is 14.1. The molecule has 0 aliphatic heterocycles. The molecule has 0 saturated heterocycles. The molecule has 14 heteroatoms. The minimum absolute atomic E-state index is 0.0872. The molecule has 0 bridgehead atoms. The van der Waals surface area contributed by atoms with E-state index in [4.69, 9.17) is 25.8 Å². The lowest BCUT2D eigenvalue weighted by Crippen LogP contribution is -2.55. The molecule has 1 atom stereocenters.